The largest absolute Gasteiger partial charge is 0.481 e. The van der Waals surface area contributed by atoms with Crippen LogP contribution in [-0.4, -0.2) is 41.0 Å². The van der Waals surface area contributed by atoms with Crippen LogP contribution in [0.2, 0.25) is 0 Å². The highest BCUT2D eigenvalue weighted by molar-refractivity contribution is 5.82. The number of nitrogens with zero attached hydrogens (tertiary/aromatic N) is 1. The summed E-state index contributed by atoms with van der Waals surface area (Å²) in [5, 5.41) is 9.00. The van der Waals surface area contributed by atoms with E-state index in [0.717, 1.165) is 5.56 Å². The highest BCUT2D eigenvalue weighted by Crippen LogP contribution is 2.25. The van der Waals surface area contributed by atoms with E-state index in [4.69, 9.17) is 5.11 Å². The van der Waals surface area contributed by atoms with Gasteiger partial charge in [-0.05, 0) is 37.0 Å². The number of amides is 1. The van der Waals surface area contributed by atoms with Crippen LogP contribution in [0.3, 0.4) is 0 Å². The number of hydrogen-bond donors (Lipinski definition) is 3. The third kappa shape index (κ3) is 3.51. The predicted molar refractivity (Wildman–Crippen MR) is 80.8 cm³/mol. The molecule has 0 aromatic heterocycles. The van der Waals surface area contributed by atoms with Crippen LogP contribution < -0.4 is 10.9 Å². The number of rotatable bonds is 3. The van der Waals surface area contributed by atoms with Crippen molar-refractivity contribution in [2.75, 3.05) is 13.1 Å². The second-order valence-electron chi connectivity index (χ2n) is 6.12. The van der Waals surface area contributed by atoms with E-state index in [2.05, 4.69) is 10.9 Å². The first-order chi connectivity index (χ1) is 11.0. The Morgan fingerprint density at radius 2 is 1.78 bits per heavy atom. The van der Waals surface area contributed by atoms with Gasteiger partial charge in [-0.25, -0.2) is 15.2 Å². The van der Waals surface area contributed by atoms with Crippen LogP contribution in [0, 0.1) is 11.7 Å². The molecule has 1 aromatic rings. The zero-order valence-corrected chi connectivity index (χ0v) is 12.7. The number of hydrazine groups is 1. The summed E-state index contributed by atoms with van der Waals surface area (Å²) in [4.78, 5) is 25.2. The van der Waals surface area contributed by atoms with Gasteiger partial charge in [-0.1, -0.05) is 12.1 Å². The van der Waals surface area contributed by atoms with Crippen molar-refractivity contribution in [2.45, 2.75) is 31.3 Å². The molecule has 2 heterocycles. The molecule has 2 saturated heterocycles. The van der Waals surface area contributed by atoms with Gasteiger partial charge in [-0.3, -0.25) is 9.59 Å². The number of carbonyl (C=O) groups excluding carboxylic acids is 1. The molecule has 2 aliphatic rings. The molecule has 0 aliphatic carbocycles. The van der Waals surface area contributed by atoms with Gasteiger partial charge < -0.3 is 10.0 Å². The van der Waals surface area contributed by atoms with Crippen LogP contribution in [0.5, 0.6) is 0 Å². The summed E-state index contributed by atoms with van der Waals surface area (Å²) in [7, 11) is 0. The molecular formula is C16H20FN3O3. The lowest BCUT2D eigenvalue weighted by Gasteiger charge is -2.31. The number of likely N-dealkylation sites (tertiary alicyclic amines) is 1. The van der Waals surface area contributed by atoms with Crippen LogP contribution >= 0.6 is 0 Å². The fraction of sp³-hybridized carbons (Fsp3) is 0.500. The van der Waals surface area contributed by atoms with Crippen LogP contribution in [-0.2, 0) is 9.59 Å². The lowest BCUT2D eigenvalue weighted by molar-refractivity contribution is -0.146. The fourth-order valence-corrected chi connectivity index (χ4v) is 3.20. The standard InChI is InChI=1S/C16H20FN3O3/c17-12-3-1-10(2-4-12)13-9-14(19-18-13)15(21)20-7-5-11(6-8-20)16(22)23/h1-4,11,13-14,18-19H,5-9H2,(H,22,23). The van der Waals surface area contributed by atoms with Crippen molar-refractivity contribution in [1.82, 2.24) is 15.8 Å². The molecular weight excluding hydrogens is 301 g/mol. The molecule has 23 heavy (non-hydrogen) atoms. The molecule has 2 aliphatic heterocycles. The molecule has 1 amide bonds. The van der Waals surface area contributed by atoms with Crippen molar-refractivity contribution in [2.24, 2.45) is 5.92 Å². The van der Waals surface area contributed by atoms with Crippen LogP contribution in [0.15, 0.2) is 24.3 Å². The Labute approximate surface area is 133 Å². The second-order valence-corrected chi connectivity index (χ2v) is 6.12. The van der Waals surface area contributed by atoms with E-state index < -0.39 is 5.97 Å². The Kier molecular flexibility index (Phi) is 4.58. The normalized spacial score (nSPS) is 25.5. The van der Waals surface area contributed by atoms with E-state index in [1.54, 1.807) is 17.0 Å². The monoisotopic (exact) mass is 321 g/mol. The third-order valence-electron chi connectivity index (χ3n) is 4.63. The zero-order chi connectivity index (χ0) is 16.4. The fourth-order valence-electron chi connectivity index (χ4n) is 3.20. The molecule has 0 radical (unpaired) electrons. The highest BCUT2D eigenvalue weighted by atomic mass is 19.1. The topological polar surface area (TPSA) is 81.7 Å². The summed E-state index contributed by atoms with van der Waals surface area (Å²) in [6.45, 7) is 0.963. The first-order valence-electron chi connectivity index (χ1n) is 7.82. The van der Waals surface area contributed by atoms with Crippen molar-refractivity contribution in [3.63, 3.8) is 0 Å². The Hall–Kier alpha value is -1.99. The van der Waals surface area contributed by atoms with Crippen molar-refractivity contribution in [1.29, 1.82) is 0 Å². The molecule has 7 heteroatoms. The maximum Gasteiger partial charge on any atom is 0.306 e. The summed E-state index contributed by atoms with van der Waals surface area (Å²) in [6.07, 6.45) is 1.59. The minimum atomic E-state index is -0.783. The Balaban J connectivity index is 1.55. The lowest BCUT2D eigenvalue weighted by Crippen LogP contribution is -2.49. The maximum atomic E-state index is 13.0. The summed E-state index contributed by atoms with van der Waals surface area (Å²) >= 11 is 0. The Morgan fingerprint density at radius 3 is 2.39 bits per heavy atom. The maximum absolute atomic E-state index is 13.0. The van der Waals surface area contributed by atoms with Crippen molar-refractivity contribution in [3.05, 3.63) is 35.6 Å². The van der Waals surface area contributed by atoms with Gasteiger partial charge in [0.1, 0.15) is 11.9 Å². The highest BCUT2D eigenvalue weighted by Gasteiger charge is 2.35. The number of nitrogens with one attached hydrogen (secondary N) is 2. The number of piperidine rings is 1. The molecule has 2 unspecified atom stereocenters. The molecule has 2 fully saturated rings. The lowest BCUT2D eigenvalue weighted by atomic mass is 9.96. The van der Waals surface area contributed by atoms with E-state index >= 15 is 0 Å². The van der Waals surface area contributed by atoms with Gasteiger partial charge in [-0.2, -0.15) is 0 Å². The van der Waals surface area contributed by atoms with E-state index in [1.165, 1.54) is 12.1 Å². The van der Waals surface area contributed by atoms with Crippen LogP contribution in [0.4, 0.5) is 4.39 Å². The average Bonchev–Trinajstić information content (AvgIpc) is 3.05. The van der Waals surface area contributed by atoms with Crippen molar-refractivity contribution < 1.29 is 19.1 Å². The molecule has 1 aromatic carbocycles. The number of carboxylic acid groups (broad SMARTS) is 1. The minimum Gasteiger partial charge on any atom is -0.481 e. The van der Waals surface area contributed by atoms with Crippen LogP contribution in [0.1, 0.15) is 30.9 Å². The summed E-state index contributed by atoms with van der Waals surface area (Å²) < 4.78 is 13.0. The summed E-state index contributed by atoms with van der Waals surface area (Å²) in [5.41, 5.74) is 7.00. The predicted octanol–water partition coefficient (Wildman–Crippen LogP) is 1.06. The first-order valence-corrected chi connectivity index (χ1v) is 7.82. The molecule has 6 nitrogen and oxygen atoms in total. The minimum absolute atomic E-state index is 0.00838. The molecule has 0 saturated carbocycles. The number of aliphatic carboxylic acids is 1. The average molecular weight is 321 g/mol. The van der Waals surface area contributed by atoms with Gasteiger partial charge in [0.15, 0.2) is 0 Å². The Bertz CT molecular complexity index is 585. The van der Waals surface area contributed by atoms with Gasteiger partial charge in [0, 0.05) is 19.1 Å². The number of carbonyl (C=O) groups is 2. The smallest absolute Gasteiger partial charge is 0.306 e. The quantitative estimate of drug-likeness (QED) is 0.775. The van der Waals surface area contributed by atoms with Gasteiger partial charge >= 0.3 is 5.97 Å². The zero-order valence-electron chi connectivity index (χ0n) is 12.7. The molecule has 0 spiro atoms. The van der Waals surface area contributed by atoms with E-state index in [0.29, 0.717) is 32.4 Å². The summed E-state index contributed by atoms with van der Waals surface area (Å²) in [6, 6.07) is 5.85. The third-order valence-corrected chi connectivity index (χ3v) is 4.63. The van der Waals surface area contributed by atoms with Crippen molar-refractivity contribution in [3.8, 4) is 0 Å². The van der Waals surface area contributed by atoms with Gasteiger partial charge in [0.25, 0.3) is 0 Å². The Morgan fingerprint density at radius 1 is 1.13 bits per heavy atom. The number of halogens is 1. The van der Waals surface area contributed by atoms with Gasteiger partial charge in [0.2, 0.25) is 5.91 Å². The molecule has 3 rings (SSSR count). The number of hydrogen-bond acceptors (Lipinski definition) is 4. The number of carboxylic acids is 1. The molecule has 0 bridgehead atoms. The van der Waals surface area contributed by atoms with E-state index in [-0.39, 0.29) is 29.7 Å². The van der Waals surface area contributed by atoms with E-state index in [1.807, 2.05) is 0 Å². The van der Waals surface area contributed by atoms with Crippen molar-refractivity contribution >= 4 is 11.9 Å². The SMILES string of the molecule is O=C(O)C1CCN(C(=O)C2CC(c3ccc(F)cc3)NN2)CC1. The first kappa shape index (κ1) is 15.9. The molecule has 124 valence electrons. The van der Waals surface area contributed by atoms with Gasteiger partial charge in [-0.15, -0.1) is 0 Å². The summed E-state index contributed by atoms with van der Waals surface area (Å²) in [5.74, 6) is -1.42. The molecule has 2 atom stereocenters. The molecule has 3 N–H and O–H groups in total. The van der Waals surface area contributed by atoms with E-state index in [9.17, 15) is 14.0 Å². The van der Waals surface area contributed by atoms with Gasteiger partial charge in [0.05, 0.1) is 5.92 Å². The van der Waals surface area contributed by atoms with Crippen LogP contribution in [0.25, 0.3) is 0 Å². The second kappa shape index (κ2) is 6.64. The number of benzene rings is 1.